The van der Waals surface area contributed by atoms with Gasteiger partial charge in [0.1, 0.15) is 0 Å². The highest BCUT2D eigenvalue weighted by molar-refractivity contribution is 7.99. The van der Waals surface area contributed by atoms with Gasteiger partial charge in [-0.3, -0.25) is 0 Å². The van der Waals surface area contributed by atoms with Crippen molar-refractivity contribution >= 4 is 11.8 Å². The number of thioether (sulfide) groups is 1. The first-order valence-electron chi connectivity index (χ1n) is 7.22. The Balaban J connectivity index is 2.12. The predicted molar refractivity (Wildman–Crippen MR) is 83.1 cm³/mol. The van der Waals surface area contributed by atoms with Crippen LogP contribution in [0.2, 0.25) is 0 Å². The molecular weight excluding hydrogens is 238 g/mol. The molecule has 0 aliphatic heterocycles. The molecule has 1 aromatic carbocycles. The predicted octanol–water partition coefficient (Wildman–Crippen LogP) is 5.16. The largest absolute Gasteiger partial charge is 0.324 e. The summed E-state index contributed by atoms with van der Waals surface area (Å²) in [5.41, 5.74) is 7.06. The summed E-state index contributed by atoms with van der Waals surface area (Å²) in [6.45, 7) is 4.29. The van der Waals surface area contributed by atoms with E-state index in [1.54, 1.807) is 0 Å². The van der Waals surface area contributed by atoms with E-state index in [1.165, 1.54) is 54.7 Å². The van der Waals surface area contributed by atoms with Gasteiger partial charge in [-0.25, -0.2) is 0 Å². The summed E-state index contributed by atoms with van der Waals surface area (Å²) in [4.78, 5) is 1.37. The van der Waals surface area contributed by atoms with E-state index >= 15 is 0 Å². The molecular formula is C16H27NS. The lowest BCUT2D eigenvalue weighted by molar-refractivity contribution is 0.627. The van der Waals surface area contributed by atoms with E-state index in [1.807, 2.05) is 18.7 Å². The average Bonchev–Trinajstić information content (AvgIpc) is 2.38. The number of hydrogen-bond acceptors (Lipinski definition) is 2. The first-order chi connectivity index (χ1) is 8.74. The molecule has 0 fully saturated rings. The van der Waals surface area contributed by atoms with Crippen molar-refractivity contribution in [2.24, 2.45) is 5.73 Å². The van der Waals surface area contributed by atoms with Gasteiger partial charge in [0.25, 0.3) is 0 Å². The lowest BCUT2D eigenvalue weighted by Gasteiger charge is -2.06. The van der Waals surface area contributed by atoms with Gasteiger partial charge in [0, 0.05) is 10.9 Å². The molecule has 0 radical (unpaired) electrons. The molecule has 0 aromatic heterocycles. The van der Waals surface area contributed by atoms with Crippen LogP contribution in [0.3, 0.4) is 0 Å². The van der Waals surface area contributed by atoms with Crippen molar-refractivity contribution in [3.63, 3.8) is 0 Å². The zero-order valence-electron chi connectivity index (χ0n) is 11.8. The molecule has 1 atom stereocenters. The fraction of sp³-hybridized carbons (Fsp3) is 0.625. The molecule has 0 aliphatic rings. The van der Waals surface area contributed by atoms with Gasteiger partial charge in [-0.15, -0.1) is 11.8 Å². The fourth-order valence-electron chi connectivity index (χ4n) is 1.94. The van der Waals surface area contributed by atoms with Crippen LogP contribution in [0.1, 0.15) is 64.0 Å². The van der Waals surface area contributed by atoms with Crippen molar-refractivity contribution in [2.75, 3.05) is 5.75 Å². The normalized spacial score (nSPS) is 12.6. The second kappa shape index (κ2) is 9.46. The number of nitrogens with two attached hydrogens (primary N) is 1. The number of rotatable bonds is 9. The van der Waals surface area contributed by atoms with Crippen LogP contribution >= 0.6 is 11.8 Å². The van der Waals surface area contributed by atoms with Gasteiger partial charge >= 0.3 is 0 Å². The molecule has 1 unspecified atom stereocenters. The first kappa shape index (κ1) is 15.6. The standard InChI is InChI=1S/C16H27NS/c1-3-4-5-6-7-8-13-18-16-11-9-15(10-12-16)14(2)17/h9-12,14H,3-8,13,17H2,1-2H3. The number of unbranched alkanes of at least 4 members (excludes halogenated alkanes) is 5. The molecule has 2 N–H and O–H groups in total. The van der Waals surface area contributed by atoms with Crippen LogP contribution in [-0.2, 0) is 0 Å². The second-order valence-corrected chi connectivity index (χ2v) is 6.14. The van der Waals surface area contributed by atoms with Crippen molar-refractivity contribution in [3.05, 3.63) is 29.8 Å². The number of benzene rings is 1. The minimum atomic E-state index is 0.141. The van der Waals surface area contributed by atoms with E-state index in [-0.39, 0.29) is 6.04 Å². The molecule has 0 amide bonds. The van der Waals surface area contributed by atoms with E-state index in [0.717, 1.165) is 0 Å². The molecule has 1 aromatic rings. The molecule has 0 spiro atoms. The lowest BCUT2D eigenvalue weighted by Crippen LogP contribution is -2.04. The molecule has 1 rings (SSSR count). The maximum absolute atomic E-state index is 5.84. The third-order valence-corrected chi connectivity index (χ3v) is 4.27. The summed E-state index contributed by atoms with van der Waals surface area (Å²) in [5, 5.41) is 0. The molecule has 0 saturated carbocycles. The van der Waals surface area contributed by atoms with Crippen molar-refractivity contribution in [3.8, 4) is 0 Å². The molecule has 0 saturated heterocycles. The van der Waals surface area contributed by atoms with Crippen LogP contribution in [0, 0.1) is 0 Å². The zero-order chi connectivity index (χ0) is 13.2. The highest BCUT2D eigenvalue weighted by Gasteiger charge is 1.99. The SMILES string of the molecule is CCCCCCCCSc1ccc(C(C)N)cc1. The van der Waals surface area contributed by atoms with E-state index in [9.17, 15) is 0 Å². The van der Waals surface area contributed by atoms with Gasteiger partial charge in [0.15, 0.2) is 0 Å². The van der Waals surface area contributed by atoms with Crippen LogP contribution in [0.15, 0.2) is 29.2 Å². The Hall–Kier alpha value is -0.470. The average molecular weight is 265 g/mol. The van der Waals surface area contributed by atoms with Gasteiger partial charge in [0.05, 0.1) is 0 Å². The van der Waals surface area contributed by atoms with Gasteiger partial charge in [-0.05, 0) is 36.8 Å². The van der Waals surface area contributed by atoms with Crippen LogP contribution in [0.4, 0.5) is 0 Å². The molecule has 1 nitrogen and oxygen atoms in total. The topological polar surface area (TPSA) is 26.0 Å². The maximum Gasteiger partial charge on any atom is 0.0266 e. The molecule has 2 heteroatoms. The van der Waals surface area contributed by atoms with Crippen LogP contribution in [-0.4, -0.2) is 5.75 Å². The van der Waals surface area contributed by atoms with E-state index in [2.05, 4.69) is 31.2 Å². The van der Waals surface area contributed by atoms with E-state index < -0.39 is 0 Å². The third-order valence-electron chi connectivity index (χ3n) is 3.17. The monoisotopic (exact) mass is 265 g/mol. The Bertz CT molecular complexity index is 305. The van der Waals surface area contributed by atoms with Gasteiger partial charge in [0.2, 0.25) is 0 Å². The van der Waals surface area contributed by atoms with Crippen molar-refractivity contribution in [1.29, 1.82) is 0 Å². The minimum absolute atomic E-state index is 0.141. The summed E-state index contributed by atoms with van der Waals surface area (Å²) in [7, 11) is 0. The molecule has 18 heavy (non-hydrogen) atoms. The maximum atomic E-state index is 5.84. The molecule has 0 bridgehead atoms. The Morgan fingerprint density at radius 1 is 1.00 bits per heavy atom. The van der Waals surface area contributed by atoms with Gasteiger partial charge < -0.3 is 5.73 Å². The summed E-state index contributed by atoms with van der Waals surface area (Å²) >= 11 is 1.96. The summed E-state index contributed by atoms with van der Waals surface area (Å²) in [6, 6.07) is 8.83. The zero-order valence-corrected chi connectivity index (χ0v) is 12.6. The van der Waals surface area contributed by atoms with Crippen LogP contribution in [0.5, 0.6) is 0 Å². The first-order valence-corrected chi connectivity index (χ1v) is 8.21. The van der Waals surface area contributed by atoms with Crippen LogP contribution in [0.25, 0.3) is 0 Å². The van der Waals surface area contributed by atoms with Crippen molar-refractivity contribution < 1.29 is 0 Å². The molecule has 0 aliphatic carbocycles. The van der Waals surface area contributed by atoms with Gasteiger partial charge in [-0.1, -0.05) is 51.2 Å². The van der Waals surface area contributed by atoms with Crippen LogP contribution < -0.4 is 5.73 Å². The smallest absolute Gasteiger partial charge is 0.0266 e. The Morgan fingerprint density at radius 2 is 1.61 bits per heavy atom. The molecule has 102 valence electrons. The lowest BCUT2D eigenvalue weighted by atomic mass is 10.1. The summed E-state index contributed by atoms with van der Waals surface area (Å²) in [5.74, 6) is 1.24. The molecule has 0 heterocycles. The Labute approximate surface area is 117 Å². The minimum Gasteiger partial charge on any atom is -0.324 e. The van der Waals surface area contributed by atoms with Crippen molar-refractivity contribution in [2.45, 2.75) is 63.3 Å². The number of hydrogen-bond donors (Lipinski definition) is 1. The third kappa shape index (κ3) is 6.46. The second-order valence-electron chi connectivity index (χ2n) is 4.97. The summed E-state index contributed by atoms with van der Waals surface area (Å²) in [6.07, 6.45) is 8.25. The quantitative estimate of drug-likeness (QED) is 0.493. The fourth-order valence-corrected chi connectivity index (χ4v) is 2.85. The van der Waals surface area contributed by atoms with Gasteiger partial charge in [-0.2, -0.15) is 0 Å². The summed E-state index contributed by atoms with van der Waals surface area (Å²) < 4.78 is 0. The van der Waals surface area contributed by atoms with E-state index in [0.29, 0.717) is 0 Å². The Kier molecular flexibility index (Phi) is 8.19. The Morgan fingerprint density at radius 3 is 2.22 bits per heavy atom. The van der Waals surface area contributed by atoms with Crippen molar-refractivity contribution in [1.82, 2.24) is 0 Å². The highest BCUT2D eigenvalue weighted by Crippen LogP contribution is 2.21. The highest BCUT2D eigenvalue weighted by atomic mass is 32.2. The van der Waals surface area contributed by atoms with E-state index in [4.69, 9.17) is 5.73 Å².